The average Bonchev–Trinajstić information content (AvgIpc) is 2.96. The maximum absolute atomic E-state index is 13.7. The summed E-state index contributed by atoms with van der Waals surface area (Å²) < 4.78 is 21.2. The molecule has 0 radical (unpaired) electrons. The van der Waals surface area contributed by atoms with E-state index in [1.165, 1.54) is 16.8 Å². The van der Waals surface area contributed by atoms with Gasteiger partial charge in [0.15, 0.2) is 5.82 Å². The second-order valence-electron chi connectivity index (χ2n) is 8.80. The van der Waals surface area contributed by atoms with E-state index in [4.69, 9.17) is 9.72 Å². The molecule has 0 bridgehead atoms. The minimum Gasteiger partial charge on any atom is -0.488 e. The van der Waals surface area contributed by atoms with Gasteiger partial charge in [-0.25, -0.2) is 9.37 Å². The van der Waals surface area contributed by atoms with Crippen LogP contribution in [0.1, 0.15) is 11.1 Å². The molecular formula is C32H22FN3O2. The average molecular weight is 500 g/mol. The highest BCUT2D eigenvalue weighted by Crippen LogP contribution is 2.28. The van der Waals surface area contributed by atoms with Crippen LogP contribution in [-0.4, -0.2) is 15.9 Å². The molecule has 0 aliphatic heterocycles. The third-order valence-corrected chi connectivity index (χ3v) is 6.30. The summed E-state index contributed by atoms with van der Waals surface area (Å²) in [6.45, 7) is 0.184. The molecule has 0 saturated heterocycles. The molecule has 1 heterocycles. The second-order valence-corrected chi connectivity index (χ2v) is 8.80. The van der Waals surface area contributed by atoms with E-state index in [1.54, 1.807) is 18.3 Å². The van der Waals surface area contributed by atoms with Gasteiger partial charge in [0.25, 0.3) is 5.56 Å². The van der Waals surface area contributed by atoms with E-state index >= 15 is 0 Å². The molecule has 0 aliphatic rings. The molecule has 0 fully saturated rings. The lowest BCUT2D eigenvalue weighted by molar-refractivity contribution is 0.305. The van der Waals surface area contributed by atoms with Crippen molar-refractivity contribution in [2.75, 3.05) is 0 Å². The van der Waals surface area contributed by atoms with Crippen molar-refractivity contribution in [2.24, 2.45) is 5.10 Å². The molecule has 1 aromatic heterocycles. The molecule has 0 aliphatic carbocycles. The van der Waals surface area contributed by atoms with Crippen molar-refractivity contribution in [2.45, 2.75) is 6.61 Å². The van der Waals surface area contributed by atoms with E-state index < -0.39 is 0 Å². The first kappa shape index (κ1) is 23.3. The summed E-state index contributed by atoms with van der Waals surface area (Å²) in [6, 6.07) is 34.7. The molecule has 6 rings (SSSR count). The number of aromatic nitrogens is 2. The lowest BCUT2D eigenvalue weighted by Crippen LogP contribution is -2.20. The van der Waals surface area contributed by atoms with Crippen LogP contribution in [0.4, 0.5) is 4.39 Å². The molecule has 6 heteroatoms. The normalized spacial score (nSPS) is 11.4. The van der Waals surface area contributed by atoms with Gasteiger partial charge in [0.2, 0.25) is 0 Å². The molecule has 6 aromatic rings. The van der Waals surface area contributed by atoms with Crippen molar-refractivity contribution < 1.29 is 9.13 Å². The van der Waals surface area contributed by atoms with Crippen molar-refractivity contribution in [1.29, 1.82) is 0 Å². The minimum atomic E-state index is -0.317. The fraction of sp³-hybridized carbons (Fsp3) is 0.0312. The van der Waals surface area contributed by atoms with Crippen molar-refractivity contribution in [3.8, 4) is 17.1 Å². The van der Waals surface area contributed by atoms with Crippen LogP contribution >= 0.6 is 0 Å². The van der Waals surface area contributed by atoms with Gasteiger partial charge in [-0.3, -0.25) is 4.79 Å². The Morgan fingerprint density at radius 2 is 1.58 bits per heavy atom. The lowest BCUT2D eigenvalue weighted by atomic mass is 10.0. The molecule has 0 spiro atoms. The Hall–Kier alpha value is -5.10. The summed E-state index contributed by atoms with van der Waals surface area (Å²) in [5.41, 5.74) is 2.52. The number of para-hydroxylation sites is 1. The van der Waals surface area contributed by atoms with Gasteiger partial charge in [0.05, 0.1) is 17.1 Å². The molecule has 0 amide bonds. The summed E-state index contributed by atoms with van der Waals surface area (Å²) in [6.07, 6.45) is 1.63. The Morgan fingerprint density at radius 1 is 0.816 bits per heavy atom. The zero-order valence-electron chi connectivity index (χ0n) is 20.3. The van der Waals surface area contributed by atoms with E-state index in [0.29, 0.717) is 33.6 Å². The second kappa shape index (κ2) is 10.1. The number of benzene rings is 5. The zero-order chi connectivity index (χ0) is 25.9. The van der Waals surface area contributed by atoms with Crippen LogP contribution in [0.3, 0.4) is 0 Å². The number of hydrogen-bond acceptors (Lipinski definition) is 4. The Morgan fingerprint density at radius 3 is 2.42 bits per heavy atom. The fourth-order valence-electron chi connectivity index (χ4n) is 4.44. The first-order valence-corrected chi connectivity index (χ1v) is 12.2. The van der Waals surface area contributed by atoms with Crippen molar-refractivity contribution in [3.63, 3.8) is 0 Å². The lowest BCUT2D eigenvalue weighted by Gasteiger charge is -2.13. The summed E-state index contributed by atoms with van der Waals surface area (Å²) >= 11 is 0. The van der Waals surface area contributed by atoms with E-state index in [9.17, 15) is 9.18 Å². The van der Waals surface area contributed by atoms with Gasteiger partial charge >= 0.3 is 0 Å². The molecule has 0 atom stereocenters. The van der Waals surface area contributed by atoms with Crippen LogP contribution in [0.25, 0.3) is 33.1 Å². The largest absolute Gasteiger partial charge is 0.488 e. The van der Waals surface area contributed by atoms with Crippen LogP contribution in [-0.2, 0) is 6.61 Å². The van der Waals surface area contributed by atoms with Gasteiger partial charge in [-0.2, -0.15) is 9.78 Å². The van der Waals surface area contributed by atoms with Gasteiger partial charge in [-0.15, -0.1) is 0 Å². The summed E-state index contributed by atoms with van der Waals surface area (Å²) in [5, 5.41) is 7.05. The number of halogens is 1. The smallest absolute Gasteiger partial charge is 0.282 e. The monoisotopic (exact) mass is 499 g/mol. The molecule has 5 nitrogen and oxygen atoms in total. The SMILES string of the molecule is O=c1c2ccccc2nc(-c2ccccc2)n1N=Cc1c(OCc2cccc(F)c2)ccc2ccccc12. The van der Waals surface area contributed by atoms with Gasteiger partial charge in [-0.05, 0) is 46.7 Å². The van der Waals surface area contributed by atoms with Gasteiger partial charge in [0.1, 0.15) is 18.2 Å². The third kappa shape index (κ3) is 4.55. The Labute approximate surface area is 218 Å². The zero-order valence-corrected chi connectivity index (χ0v) is 20.3. The van der Waals surface area contributed by atoms with E-state index in [2.05, 4.69) is 5.10 Å². The van der Waals surface area contributed by atoms with Crippen molar-refractivity contribution in [3.05, 3.63) is 143 Å². The number of rotatable bonds is 6. The van der Waals surface area contributed by atoms with Crippen molar-refractivity contribution >= 4 is 27.9 Å². The van der Waals surface area contributed by atoms with E-state index in [-0.39, 0.29) is 18.0 Å². The maximum Gasteiger partial charge on any atom is 0.282 e. The number of fused-ring (bicyclic) bond motifs is 2. The predicted molar refractivity (Wildman–Crippen MR) is 149 cm³/mol. The maximum atomic E-state index is 13.7. The standard InChI is InChI=1S/C32H22FN3O2/c33-25-13-8-9-22(19-25)21-38-30-18-17-23-10-4-5-14-26(23)28(30)20-34-36-31(24-11-2-1-3-12-24)35-29-16-7-6-15-27(29)32(36)37/h1-20H,21H2. The molecule has 184 valence electrons. The molecule has 38 heavy (non-hydrogen) atoms. The van der Waals surface area contributed by atoms with Crippen LogP contribution in [0, 0.1) is 5.82 Å². The first-order chi connectivity index (χ1) is 18.7. The van der Waals surface area contributed by atoms with Crippen molar-refractivity contribution in [1.82, 2.24) is 9.66 Å². The number of nitrogens with zero attached hydrogens (tertiary/aromatic N) is 3. The summed E-state index contributed by atoms with van der Waals surface area (Å²) in [5.74, 6) is 0.691. The molecule has 5 aromatic carbocycles. The Bertz CT molecular complexity index is 1860. The van der Waals surface area contributed by atoms with Crippen LogP contribution in [0.15, 0.2) is 125 Å². The number of ether oxygens (including phenoxy) is 1. The summed E-state index contributed by atoms with van der Waals surface area (Å²) in [4.78, 5) is 18.3. The molecular weight excluding hydrogens is 477 g/mol. The quantitative estimate of drug-likeness (QED) is 0.236. The summed E-state index contributed by atoms with van der Waals surface area (Å²) in [7, 11) is 0. The number of hydrogen-bond donors (Lipinski definition) is 0. The fourth-order valence-corrected chi connectivity index (χ4v) is 4.44. The van der Waals surface area contributed by atoms with Crippen LogP contribution in [0.2, 0.25) is 0 Å². The van der Waals surface area contributed by atoms with Crippen LogP contribution in [0.5, 0.6) is 5.75 Å². The van der Waals surface area contributed by atoms with E-state index in [1.807, 2.05) is 91.0 Å². The first-order valence-electron chi connectivity index (χ1n) is 12.2. The predicted octanol–water partition coefficient (Wildman–Crippen LogP) is 6.82. The molecule has 0 unspecified atom stereocenters. The van der Waals surface area contributed by atoms with Gasteiger partial charge in [-0.1, -0.05) is 84.9 Å². The topological polar surface area (TPSA) is 56.5 Å². The Kier molecular flexibility index (Phi) is 6.20. The molecule has 0 saturated carbocycles. The highest BCUT2D eigenvalue weighted by Gasteiger charge is 2.13. The van der Waals surface area contributed by atoms with Gasteiger partial charge < -0.3 is 4.74 Å². The van der Waals surface area contributed by atoms with E-state index in [0.717, 1.165) is 16.3 Å². The third-order valence-electron chi connectivity index (χ3n) is 6.30. The highest BCUT2D eigenvalue weighted by atomic mass is 19.1. The van der Waals surface area contributed by atoms with Gasteiger partial charge in [0, 0.05) is 11.1 Å². The Balaban J connectivity index is 1.49. The minimum absolute atomic E-state index is 0.184. The highest BCUT2D eigenvalue weighted by molar-refractivity contribution is 6.02. The molecule has 0 N–H and O–H groups in total. The van der Waals surface area contributed by atoms with Crippen LogP contribution < -0.4 is 10.3 Å².